The Kier molecular flexibility index (Phi) is 5.42. The van der Waals surface area contributed by atoms with Crippen LogP contribution in [0.15, 0.2) is 4.99 Å². The van der Waals surface area contributed by atoms with Gasteiger partial charge in [-0.3, -0.25) is 9.20 Å². The third-order valence-electron chi connectivity index (χ3n) is 3.44. The van der Waals surface area contributed by atoms with Crippen LogP contribution in [0.25, 0.3) is 0 Å². The number of rotatable bonds is 3. The largest absolute Gasteiger partial charge is 0.355 e. The predicted molar refractivity (Wildman–Crippen MR) is 84.1 cm³/mol. The highest BCUT2D eigenvalue weighted by atomic mass is 32.2. The maximum Gasteiger partial charge on any atom is 0.193 e. The van der Waals surface area contributed by atoms with Crippen molar-refractivity contribution in [3.8, 4) is 0 Å². The summed E-state index contributed by atoms with van der Waals surface area (Å²) in [6.07, 6.45) is 1.20. The summed E-state index contributed by atoms with van der Waals surface area (Å²) in [5, 5.41) is 3.34. The zero-order valence-electron chi connectivity index (χ0n) is 13.2. The first-order valence-corrected chi connectivity index (χ1v) is 8.32. The van der Waals surface area contributed by atoms with Gasteiger partial charge in [0, 0.05) is 48.0 Å². The van der Waals surface area contributed by atoms with Gasteiger partial charge in [0.05, 0.1) is 0 Å². The van der Waals surface area contributed by atoms with Crippen LogP contribution in [0, 0.1) is 5.41 Å². The summed E-state index contributed by atoms with van der Waals surface area (Å²) in [6, 6.07) is 0. The molecule has 0 aromatic rings. The van der Waals surface area contributed by atoms with Crippen LogP contribution in [0.1, 0.15) is 41.0 Å². The maximum absolute atomic E-state index is 12.0. The lowest BCUT2D eigenvalue weighted by atomic mass is 9.93. The summed E-state index contributed by atoms with van der Waals surface area (Å²) < 4.78 is 11.8. The molecule has 1 unspecified atom stereocenters. The van der Waals surface area contributed by atoms with E-state index in [4.69, 9.17) is 0 Å². The van der Waals surface area contributed by atoms with Gasteiger partial charge in [-0.1, -0.05) is 13.8 Å². The summed E-state index contributed by atoms with van der Waals surface area (Å²) in [7, 11) is 1.01. The first-order chi connectivity index (χ1) is 8.65. The van der Waals surface area contributed by atoms with Gasteiger partial charge in [-0.25, -0.2) is 0 Å². The molecule has 1 fully saturated rings. The summed E-state index contributed by atoms with van der Waals surface area (Å²) in [5.41, 5.74) is 0.367. The Morgan fingerprint density at radius 2 is 2.05 bits per heavy atom. The van der Waals surface area contributed by atoms with Crippen LogP contribution in [0.3, 0.4) is 0 Å². The summed E-state index contributed by atoms with van der Waals surface area (Å²) in [4.78, 5) is 6.62. The van der Waals surface area contributed by atoms with Crippen LogP contribution in [-0.2, 0) is 10.8 Å². The monoisotopic (exact) mass is 287 g/mol. The molecular weight excluding hydrogens is 258 g/mol. The van der Waals surface area contributed by atoms with Crippen LogP contribution in [0.2, 0.25) is 0 Å². The van der Waals surface area contributed by atoms with Crippen molar-refractivity contribution >= 4 is 16.8 Å². The van der Waals surface area contributed by atoms with Crippen LogP contribution in [0.4, 0.5) is 0 Å². The third-order valence-corrected chi connectivity index (χ3v) is 5.38. The van der Waals surface area contributed by atoms with Crippen LogP contribution >= 0.6 is 0 Å². The molecule has 0 amide bonds. The molecule has 0 aromatic heterocycles. The molecule has 112 valence electrons. The molecule has 1 aliphatic heterocycles. The van der Waals surface area contributed by atoms with E-state index < -0.39 is 10.8 Å². The molecule has 1 saturated heterocycles. The Balaban J connectivity index is 2.41. The van der Waals surface area contributed by atoms with Gasteiger partial charge in [0.2, 0.25) is 0 Å². The van der Waals surface area contributed by atoms with Crippen LogP contribution in [0.5, 0.6) is 0 Å². The Labute approximate surface area is 120 Å². The van der Waals surface area contributed by atoms with Gasteiger partial charge >= 0.3 is 0 Å². The first kappa shape index (κ1) is 16.5. The molecular formula is C14H29N3OS. The molecule has 0 spiro atoms. The van der Waals surface area contributed by atoms with Crippen molar-refractivity contribution in [2.45, 2.75) is 45.8 Å². The normalized spacial score (nSPS) is 21.6. The molecule has 1 atom stereocenters. The fourth-order valence-electron chi connectivity index (χ4n) is 2.19. The highest BCUT2D eigenvalue weighted by Gasteiger charge is 2.30. The number of guanidine groups is 1. The van der Waals surface area contributed by atoms with E-state index in [0.29, 0.717) is 17.7 Å². The minimum atomic E-state index is -0.809. The number of hydrogen-bond acceptors (Lipinski definition) is 2. The Morgan fingerprint density at radius 3 is 2.47 bits per heavy atom. The molecule has 1 rings (SSSR count). The fraction of sp³-hybridized carbons (Fsp3) is 0.929. The lowest BCUT2D eigenvalue weighted by Crippen LogP contribution is -2.42. The molecule has 4 nitrogen and oxygen atoms in total. The molecule has 19 heavy (non-hydrogen) atoms. The van der Waals surface area contributed by atoms with Gasteiger partial charge in [-0.15, -0.1) is 0 Å². The lowest BCUT2D eigenvalue weighted by molar-refractivity contribution is 0.370. The predicted octanol–water partition coefficient (Wildman–Crippen LogP) is 1.84. The zero-order valence-corrected chi connectivity index (χ0v) is 14.1. The molecule has 0 aliphatic carbocycles. The first-order valence-electron chi connectivity index (χ1n) is 7.00. The quantitative estimate of drug-likeness (QED) is 0.636. The van der Waals surface area contributed by atoms with Gasteiger partial charge in [0.25, 0.3) is 0 Å². The minimum absolute atomic E-state index is 0.138. The van der Waals surface area contributed by atoms with E-state index in [1.165, 1.54) is 6.42 Å². The van der Waals surface area contributed by atoms with Gasteiger partial charge in [-0.2, -0.15) is 0 Å². The van der Waals surface area contributed by atoms with Gasteiger partial charge < -0.3 is 10.2 Å². The van der Waals surface area contributed by atoms with Crippen LogP contribution < -0.4 is 5.32 Å². The smallest absolute Gasteiger partial charge is 0.193 e. The van der Waals surface area contributed by atoms with Gasteiger partial charge in [-0.05, 0) is 32.6 Å². The highest BCUT2D eigenvalue weighted by Crippen LogP contribution is 2.28. The fourth-order valence-corrected chi connectivity index (χ4v) is 3.09. The van der Waals surface area contributed by atoms with Crippen LogP contribution in [-0.4, -0.2) is 52.3 Å². The topological polar surface area (TPSA) is 44.7 Å². The second-order valence-corrected chi connectivity index (χ2v) is 9.30. The molecule has 1 aliphatic rings. The second-order valence-electron chi connectivity index (χ2n) is 6.97. The third kappa shape index (κ3) is 5.13. The molecule has 1 heterocycles. The van der Waals surface area contributed by atoms with Crippen molar-refractivity contribution in [2.24, 2.45) is 10.4 Å². The summed E-state index contributed by atoms with van der Waals surface area (Å²) in [5.74, 6) is 1.61. The molecule has 0 radical (unpaired) electrons. The molecule has 0 aromatic carbocycles. The highest BCUT2D eigenvalue weighted by molar-refractivity contribution is 7.86. The maximum atomic E-state index is 12.0. The van der Waals surface area contributed by atoms with E-state index in [1.54, 1.807) is 0 Å². The standard InChI is InChI=1S/C14H29N3OS/c1-13(2,3)19(18)10-8-16-12(15-6)17-9-7-14(4,5)11-17/h7-11H2,1-6H3,(H,15,16). The number of nitrogens with one attached hydrogen (secondary N) is 1. The lowest BCUT2D eigenvalue weighted by Gasteiger charge is -2.24. The molecule has 1 N–H and O–H groups in total. The van der Waals surface area contributed by atoms with Crippen molar-refractivity contribution in [2.75, 3.05) is 32.4 Å². The SMILES string of the molecule is CN=C(NCCS(=O)C(C)(C)C)N1CCC(C)(C)C1. The van der Waals surface area contributed by atoms with E-state index in [9.17, 15) is 4.21 Å². The van der Waals surface area contributed by atoms with E-state index >= 15 is 0 Å². The van der Waals surface area contributed by atoms with Gasteiger partial charge in [0.15, 0.2) is 5.96 Å². The average molecular weight is 287 g/mol. The molecule has 0 saturated carbocycles. The number of likely N-dealkylation sites (tertiary alicyclic amines) is 1. The Bertz CT molecular complexity index is 358. The van der Waals surface area contributed by atoms with Crippen molar-refractivity contribution in [3.05, 3.63) is 0 Å². The molecule has 5 heteroatoms. The number of hydrogen-bond donors (Lipinski definition) is 1. The molecule has 0 bridgehead atoms. The van der Waals surface area contributed by atoms with E-state index in [1.807, 2.05) is 27.8 Å². The average Bonchev–Trinajstić information content (AvgIpc) is 2.63. The van der Waals surface area contributed by atoms with Crippen molar-refractivity contribution in [1.82, 2.24) is 10.2 Å². The van der Waals surface area contributed by atoms with Crippen molar-refractivity contribution in [3.63, 3.8) is 0 Å². The van der Waals surface area contributed by atoms with E-state index in [2.05, 4.69) is 29.1 Å². The summed E-state index contributed by atoms with van der Waals surface area (Å²) in [6.45, 7) is 13.4. The van der Waals surface area contributed by atoms with Gasteiger partial charge in [0.1, 0.15) is 0 Å². The van der Waals surface area contributed by atoms with E-state index in [0.717, 1.165) is 19.0 Å². The second kappa shape index (κ2) is 6.25. The zero-order chi connectivity index (χ0) is 14.7. The Hall–Kier alpha value is -0.580. The van der Waals surface area contributed by atoms with Crippen molar-refractivity contribution < 1.29 is 4.21 Å². The van der Waals surface area contributed by atoms with Crippen molar-refractivity contribution in [1.29, 1.82) is 0 Å². The Morgan fingerprint density at radius 1 is 1.42 bits per heavy atom. The summed E-state index contributed by atoms with van der Waals surface area (Å²) >= 11 is 0. The number of aliphatic imine (C=N–C) groups is 1. The number of nitrogens with zero attached hydrogens (tertiary/aromatic N) is 2. The van der Waals surface area contributed by atoms with E-state index in [-0.39, 0.29) is 4.75 Å². The minimum Gasteiger partial charge on any atom is -0.355 e.